The third kappa shape index (κ3) is 3.78. The van der Waals surface area contributed by atoms with Gasteiger partial charge in [-0.25, -0.2) is 8.42 Å². The summed E-state index contributed by atoms with van der Waals surface area (Å²) in [7, 11) is -3.11. The maximum absolute atomic E-state index is 11.6. The monoisotopic (exact) mass is 271 g/mol. The Hall–Kier alpha value is -0.940. The van der Waals surface area contributed by atoms with E-state index < -0.39 is 9.84 Å². The lowest BCUT2D eigenvalue weighted by atomic mass is 9.98. The molecule has 1 rings (SSSR count). The van der Waals surface area contributed by atoms with Gasteiger partial charge >= 0.3 is 0 Å². The molecule has 1 unspecified atom stereocenters. The number of benzene rings is 1. The van der Waals surface area contributed by atoms with Gasteiger partial charge in [-0.3, -0.25) is 0 Å². The second-order valence-electron chi connectivity index (χ2n) is 4.04. The van der Waals surface area contributed by atoms with Crippen molar-refractivity contribution in [2.24, 2.45) is 5.73 Å². The summed E-state index contributed by atoms with van der Waals surface area (Å²) in [5, 5.41) is 0. The summed E-state index contributed by atoms with van der Waals surface area (Å²) in [5.74, 6) is 0.334. The summed E-state index contributed by atoms with van der Waals surface area (Å²) in [6.07, 6.45) is 0.634. The maximum Gasteiger partial charge on any atom is 0.178 e. The van der Waals surface area contributed by atoms with Crippen molar-refractivity contribution in [3.05, 3.63) is 29.8 Å². The Morgan fingerprint density at radius 3 is 2.29 bits per heavy atom. The molecule has 0 saturated heterocycles. The standard InChI is InChI=1S/C12H17NO2S2/c1-3-17(14,15)11-6-4-10(5-7-11)9(2)8-12(13)16/h4-7,9H,3,8H2,1-2H3,(H2,13,16). The van der Waals surface area contributed by atoms with Gasteiger partial charge in [-0.1, -0.05) is 38.2 Å². The van der Waals surface area contributed by atoms with Gasteiger partial charge < -0.3 is 5.73 Å². The zero-order valence-electron chi connectivity index (χ0n) is 10.0. The van der Waals surface area contributed by atoms with Crippen molar-refractivity contribution >= 4 is 27.0 Å². The smallest absolute Gasteiger partial charge is 0.178 e. The summed E-state index contributed by atoms with van der Waals surface area (Å²) in [4.78, 5) is 0.842. The average Bonchev–Trinajstić information content (AvgIpc) is 2.28. The van der Waals surface area contributed by atoms with Gasteiger partial charge in [-0.05, 0) is 23.6 Å². The molecule has 17 heavy (non-hydrogen) atoms. The number of rotatable bonds is 5. The Morgan fingerprint density at radius 2 is 1.88 bits per heavy atom. The van der Waals surface area contributed by atoms with Crippen molar-refractivity contribution in [2.75, 3.05) is 5.75 Å². The number of hydrogen-bond acceptors (Lipinski definition) is 3. The molecule has 1 aromatic rings. The molecule has 0 amide bonds. The highest BCUT2D eigenvalue weighted by molar-refractivity contribution is 7.91. The highest BCUT2D eigenvalue weighted by Gasteiger charge is 2.12. The predicted octanol–water partition coefficient (Wildman–Crippen LogP) is 2.26. The first kappa shape index (κ1) is 14.1. The van der Waals surface area contributed by atoms with E-state index in [1.54, 1.807) is 19.1 Å². The van der Waals surface area contributed by atoms with Gasteiger partial charge in [0.05, 0.1) is 15.6 Å². The number of hydrogen-bond donors (Lipinski definition) is 1. The van der Waals surface area contributed by atoms with E-state index in [1.165, 1.54) is 0 Å². The molecule has 3 nitrogen and oxygen atoms in total. The fourth-order valence-corrected chi connectivity index (χ4v) is 2.72. The molecule has 5 heteroatoms. The van der Waals surface area contributed by atoms with Crippen molar-refractivity contribution in [1.29, 1.82) is 0 Å². The molecule has 0 aromatic heterocycles. The molecule has 94 valence electrons. The summed E-state index contributed by atoms with van der Waals surface area (Å²) in [5.41, 5.74) is 6.54. The van der Waals surface area contributed by atoms with Crippen LogP contribution < -0.4 is 5.73 Å². The fraction of sp³-hybridized carbons (Fsp3) is 0.417. The van der Waals surface area contributed by atoms with Crippen molar-refractivity contribution in [3.8, 4) is 0 Å². The molecular formula is C12H17NO2S2. The van der Waals surface area contributed by atoms with Crippen LogP contribution in [0.25, 0.3) is 0 Å². The lowest BCUT2D eigenvalue weighted by molar-refractivity contribution is 0.597. The highest BCUT2D eigenvalue weighted by Crippen LogP contribution is 2.21. The van der Waals surface area contributed by atoms with Crippen LogP contribution in [0, 0.1) is 0 Å². The Bertz CT molecular complexity index is 492. The minimum absolute atomic E-state index is 0.120. The predicted molar refractivity (Wildman–Crippen MR) is 74.0 cm³/mol. The number of thiocarbonyl (C=S) groups is 1. The summed E-state index contributed by atoms with van der Waals surface area (Å²) in [6.45, 7) is 3.65. The first-order valence-corrected chi connectivity index (χ1v) is 7.54. The Morgan fingerprint density at radius 1 is 1.35 bits per heavy atom. The van der Waals surface area contributed by atoms with Crippen molar-refractivity contribution in [2.45, 2.75) is 31.1 Å². The van der Waals surface area contributed by atoms with E-state index in [2.05, 4.69) is 0 Å². The zero-order chi connectivity index (χ0) is 13.1. The Labute approximate surface area is 108 Å². The normalized spacial score (nSPS) is 13.3. The number of sulfone groups is 1. The number of nitrogens with two attached hydrogens (primary N) is 1. The molecule has 2 N–H and O–H groups in total. The second-order valence-corrected chi connectivity index (χ2v) is 6.85. The first-order valence-electron chi connectivity index (χ1n) is 5.48. The van der Waals surface area contributed by atoms with Crippen molar-refractivity contribution in [1.82, 2.24) is 0 Å². The van der Waals surface area contributed by atoms with Crippen LogP contribution in [-0.4, -0.2) is 19.2 Å². The van der Waals surface area contributed by atoms with Gasteiger partial charge in [0, 0.05) is 6.42 Å². The molecule has 0 aliphatic carbocycles. The largest absolute Gasteiger partial charge is 0.393 e. The van der Waals surface area contributed by atoms with E-state index in [4.69, 9.17) is 18.0 Å². The topological polar surface area (TPSA) is 60.2 Å². The fourth-order valence-electron chi connectivity index (χ4n) is 1.59. The van der Waals surface area contributed by atoms with E-state index in [0.717, 1.165) is 5.56 Å². The summed E-state index contributed by atoms with van der Waals surface area (Å²) >= 11 is 4.86. The molecule has 0 fully saturated rings. The Kier molecular flexibility index (Phi) is 4.65. The molecule has 1 atom stereocenters. The molecule has 0 aliphatic heterocycles. The van der Waals surface area contributed by atoms with E-state index in [-0.39, 0.29) is 11.7 Å². The maximum atomic E-state index is 11.6. The average molecular weight is 271 g/mol. The minimum Gasteiger partial charge on any atom is -0.393 e. The third-order valence-electron chi connectivity index (χ3n) is 2.70. The van der Waals surface area contributed by atoms with E-state index >= 15 is 0 Å². The summed E-state index contributed by atoms with van der Waals surface area (Å²) in [6, 6.07) is 6.94. The van der Waals surface area contributed by atoms with E-state index in [0.29, 0.717) is 16.3 Å². The van der Waals surface area contributed by atoms with Gasteiger partial charge in [0.1, 0.15) is 0 Å². The lowest BCUT2D eigenvalue weighted by Crippen LogP contribution is -2.11. The second kappa shape index (κ2) is 5.60. The molecule has 1 aromatic carbocycles. The van der Waals surface area contributed by atoms with Crippen LogP contribution in [-0.2, 0) is 9.84 Å². The minimum atomic E-state index is -3.11. The van der Waals surface area contributed by atoms with E-state index in [1.807, 2.05) is 19.1 Å². The van der Waals surface area contributed by atoms with Gasteiger partial charge in [0.2, 0.25) is 0 Å². The van der Waals surface area contributed by atoms with Crippen LogP contribution in [0.5, 0.6) is 0 Å². The van der Waals surface area contributed by atoms with Crippen LogP contribution >= 0.6 is 12.2 Å². The molecule has 0 radical (unpaired) electrons. The van der Waals surface area contributed by atoms with Gasteiger partial charge in [-0.2, -0.15) is 0 Å². The van der Waals surface area contributed by atoms with Gasteiger partial charge in [0.15, 0.2) is 9.84 Å². The quantitative estimate of drug-likeness (QED) is 0.835. The molecule has 0 spiro atoms. The van der Waals surface area contributed by atoms with Crippen LogP contribution in [0.2, 0.25) is 0 Å². The van der Waals surface area contributed by atoms with Crippen LogP contribution in [0.15, 0.2) is 29.2 Å². The van der Waals surface area contributed by atoms with E-state index in [9.17, 15) is 8.42 Å². The molecule has 0 saturated carbocycles. The van der Waals surface area contributed by atoms with Gasteiger partial charge in [0.25, 0.3) is 0 Å². The molecule has 0 bridgehead atoms. The third-order valence-corrected chi connectivity index (χ3v) is 4.61. The lowest BCUT2D eigenvalue weighted by Gasteiger charge is -2.11. The highest BCUT2D eigenvalue weighted by atomic mass is 32.2. The van der Waals surface area contributed by atoms with Crippen molar-refractivity contribution < 1.29 is 8.42 Å². The first-order chi connectivity index (χ1) is 7.86. The molecule has 0 heterocycles. The van der Waals surface area contributed by atoms with Crippen LogP contribution in [0.4, 0.5) is 0 Å². The van der Waals surface area contributed by atoms with Gasteiger partial charge in [-0.15, -0.1) is 0 Å². The van der Waals surface area contributed by atoms with Crippen molar-refractivity contribution in [3.63, 3.8) is 0 Å². The zero-order valence-corrected chi connectivity index (χ0v) is 11.6. The van der Waals surface area contributed by atoms with Crippen LogP contribution in [0.3, 0.4) is 0 Å². The molecule has 0 aliphatic rings. The van der Waals surface area contributed by atoms with Crippen LogP contribution in [0.1, 0.15) is 31.7 Å². The summed E-state index contributed by atoms with van der Waals surface area (Å²) < 4.78 is 23.2. The molecular weight excluding hydrogens is 254 g/mol. The Balaban J connectivity index is 2.92. The SMILES string of the molecule is CCS(=O)(=O)c1ccc(C(C)CC(N)=S)cc1.